The number of benzene rings is 1. The van der Waals surface area contributed by atoms with Crippen molar-refractivity contribution in [3.05, 3.63) is 59.3 Å². The Kier molecular flexibility index (Phi) is 6.20. The number of carbonyl (C=O) groups is 2. The summed E-state index contributed by atoms with van der Waals surface area (Å²) in [5.41, 5.74) is 1.46. The second-order valence-corrected chi connectivity index (χ2v) is 7.28. The Balaban J connectivity index is 1.67. The largest absolute Gasteiger partial charge is 0.323 e. The van der Waals surface area contributed by atoms with Crippen molar-refractivity contribution in [3.8, 4) is 0 Å². The van der Waals surface area contributed by atoms with Crippen LogP contribution in [0.4, 0.5) is 11.4 Å². The van der Waals surface area contributed by atoms with Crippen LogP contribution in [0.2, 0.25) is 0 Å². The lowest BCUT2D eigenvalue weighted by atomic mass is 10.2. The smallest absolute Gasteiger partial charge is 0.238 e. The van der Waals surface area contributed by atoms with Crippen molar-refractivity contribution in [2.45, 2.75) is 19.4 Å². The van der Waals surface area contributed by atoms with Gasteiger partial charge in [0.1, 0.15) is 0 Å². The molecule has 1 aliphatic heterocycles. The number of para-hydroxylation sites is 2. The van der Waals surface area contributed by atoms with Crippen LogP contribution in [0.1, 0.15) is 17.7 Å². The molecule has 1 fully saturated rings. The van der Waals surface area contributed by atoms with Crippen molar-refractivity contribution in [2.24, 2.45) is 0 Å². The molecule has 2 aromatic rings. The van der Waals surface area contributed by atoms with E-state index in [1.165, 1.54) is 4.88 Å². The van der Waals surface area contributed by atoms with Crippen LogP contribution in [0.3, 0.4) is 0 Å². The number of rotatable bonds is 8. The Morgan fingerprint density at radius 3 is 2.85 bits per heavy atom. The van der Waals surface area contributed by atoms with Crippen molar-refractivity contribution in [2.75, 3.05) is 29.9 Å². The molecule has 0 radical (unpaired) electrons. The maximum Gasteiger partial charge on any atom is 0.238 e. The maximum absolute atomic E-state index is 12.6. The fourth-order valence-electron chi connectivity index (χ4n) is 3.10. The Bertz CT molecular complexity index is 773. The van der Waals surface area contributed by atoms with Gasteiger partial charge in [-0.25, -0.2) is 0 Å². The molecule has 0 aliphatic carbocycles. The van der Waals surface area contributed by atoms with Crippen molar-refractivity contribution in [3.63, 3.8) is 0 Å². The molecule has 0 unspecified atom stereocenters. The highest BCUT2D eigenvalue weighted by Gasteiger charge is 2.24. The highest BCUT2D eigenvalue weighted by Crippen LogP contribution is 2.29. The van der Waals surface area contributed by atoms with Gasteiger partial charge in [0.25, 0.3) is 0 Å². The van der Waals surface area contributed by atoms with Crippen LogP contribution in [-0.2, 0) is 16.1 Å². The summed E-state index contributed by atoms with van der Waals surface area (Å²) in [6, 6.07) is 11.6. The monoisotopic (exact) mass is 369 g/mol. The zero-order chi connectivity index (χ0) is 18.4. The molecule has 1 aromatic carbocycles. The average molecular weight is 369 g/mol. The molecule has 1 N–H and O–H groups in total. The van der Waals surface area contributed by atoms with Gasteiger partial charge < -0.3 is 10.2 Å². The molecule has 136 valence electrons. The molecule has 2 heterocycles. The second kappa shape index (κ2) is 8.78. The summed E-state index contributed by atoms with van der Waals surface area (Å²) < 4.78 is 0. The third-order valence-corrected chi connectivity index (χ3v) is 5.12. The van der Waals surface area contributed by atoms with E-state index in [1.54, 1.807) is 22.3 Å². The summed E-state index contributed by atoms with van der Waals surface area (Å²) in [6.07, 6.45) is 3.23. The van der Waals surface area contributed by atoms with Crippen LogP contribution in [-0.4, -0.2) is 36.3 Å². The van der Waals surface area contributed by atoms with E-state index in [-0.39, 0.29) is 18.4 Å². The molecule has 0 saturated carbocycles. The molecule has 26 heavy (non-hydrogen) atoms. The number of anilines is 2. The quantitative estimate of drug-likeness (QED) is 0.725. The van der Waals surface area contributed by atoms with Crippen molar-refractivity contribution >= 4 is 34.5 Å². The molecule has 2 amide bonds. The standard InChI is InChI=1S/C20H23N3O2S/c1-2-11-22(14-16-7-6-13-26-16)15-19(24)21-17-8-3-4-9-18(17)23-12-5-10-20(23)25/h2-4,6-9,13H,1,5,10-12,14-15H2,(H,21,24). The van der Waals surface area contributed by atoms with Gasteiger partial charge in [0.05, 0.1) is 17.9 Å². The summed E-state index contributed by atoms with van der Waals surface area (Å²) in [5.74, 6) is 0.0141. The number of carbonyl (C=O) groups excluding carboxylic acids is 2. The topological polar surface area (TPSA) is 52.7 Å². The fourth-order valence-corrected chi connectivity index (χ4v) is 3.85. The lowest BCUT2D eigenvalue weighted by molar-refractivity contribution is -0.118. The van der Waals surface area contributed by atoms with Crippen molar-refractivity contribution in [1.29, 1.82) is 0 Å². The maximum atomic E-state index is 12.6. The molecule has 3 rings (SSSR count). The zero-order valence-electron chi connectivity index (χ0n) is 14.7. The molecule has 0 bridgehead atoms. The normalized spacial score (nSPS) is 14.0. The minimum atomic E-state index is -0.0949. The van der Waals surface area contributed by atoms with E-state index in [1.807, 2.05) is 40.6 Å². The van der Waals surface area contributed by atoms with E-state index in [0.717, 1.165) is 12.1 Å². The number of amides is 2. The summed E-state index contributed by atoms with van der Waals surface area (Å²) in [7, 11) is 0. The predicted molar refractivity (Wildman–Crippen MR) is 106 cm³/mol. The lowest BCUT2D eigenvalue weighted by Gasteiger charge is -2.22. The molecule has 0 atom stereocenters. The molecule has 6 heteroatoms. The van der Waals surface area contributed by atoms with Crippen LogP contribution in [0, 0.1) is 0 Å². The van der Waals surface area contributed by atoms with E-state index in [9.17, 15) is 9.59 Å². The molecule has 1 aromatic heterocycles. The molecular formula is C20H23N3O2S. The Labute approximate surface area is 157 Å². The third kappa shape index (κ3) is 4.59. The number of hydrogen-bond donors (Lipinski definition) is 1. The van der Waals surface area contributed by atoms with E-state index in [2.05, 4.69) is 18.0 Å². The summed E-state index contributed by atoms with van der Waals surface area (Å²) in [5, 5.41) is 5.00. The van der Waals surface area contributed by atoms with Gasteiger partial charge in [0.2, 0.25) is 11.8 Å². The highest BCUT2D eigenvalue weighted by atomic mass is 32.1. The van der Waals surface area contributed by atoms with Gasteiger partial charge in [-0.2, -0.15) is 0 Å². The Morgan fingerprint density at radius 2 is 2.15 bits per heavy atom. The molecule has 0 spiro atoms. The Morgan fingerprint density at radius 1 is 1.31 bits per heavy atom. The van der Waals surface area contributed by atoms with Crippen molar-refractivity contribution in [1.82, 2.24) is 4.90 Å². The lowest BCUT2D eigenvalue weighted by Crippen LogP contribution is -2.33. The Hall–Kier alpha value is -2.44. The number of nitrogens with zero attached hydrogens (tertiary/aromatic N) is 2. The van der Waals surface area contributed by atoms with Crippen LogP contribution in [0.5, 0.6) is 0 Å². The summed E-state index contributed by atoms with van der Waals surface area (Å²) in [6.45, 7) is 6.10. The van der Waals surface area contributed by atoms with Gasteiger partial charge >= 0.3 is 0 Å². The summed E-state index contributed by atoms with van der Waals surface area (Å²) >= 11 is 1.68. The van der Waals surface area contributed by atoms with Crippen molar-refractivity contribution < 1.29 is 9.59 Å². The zero-order valence-corrected chi connectivity index (χ0v) is 15.5. The van der Waals surface area contributed by atoms with Crippen LogP contribution in [0.25, 0.3) is 0 Å². The number of thiophene rings is 1. The van der Waals surface area contributed by atoms with Gasteiger partial charge in [-0.1, -0.05) is 24.3 Å². The van der Waals surface area contributed by atoms with Gasteiger partial charge in [-0.15, -0.1) is 17.9 Å². The number of hydrogen-bond acceptors (Lipinski definition) is 4. The van der Waals surface area contributed by atoms with Gasteiger partial charge in [-0.3, -0.25) is 14.5 Å². The molecule has 1 aliphatic rings. The number of nitrogens with one attached hydrogen (secondary N) is 1. The van der Waals surface area contributed by atoms with E-state index in [0.29, 0.717) is 31.7 Å². The highest BCUT2D eigenvalue weighted by molar-refractivity contribution is 7.09. The van der Waals surface area contributed by atoms with Crippen LogP contribution >= 0.6 is 11.3 Å². The predicted octanol–water partition coefficient (Wildman–Crippen LogP) is 3.50. The first-order chi connectivity index (χ1) is 12.7. The fraction of sp³-hybridized carbons (Fsp3) is 0.300. The minimum Gasteiger partial charge on any atom is -0.323 e. The second-order valence-electron chi connectivity index (χ2n) is 6.25. The molecule has 1 saturated heterocycles. The van der Waals surface area contributed by atoms with Gasteiger partial charge in [0, 0.05) is 30.9 Å². The molecular weight excluding hydrogens is 346 g/mol. The van der Waals surface area contributed by atoms with E-state index < -0.39 is 0 Å². The first-order valence-electron chi connectivity index (χ1n) is 8.72. The van der Waals surface area contributed by atoms with E-state index >= 15 is 0 Å². The van der Waals surface area contributed by atoms with Crippen LogP contribution < -0.4 is 10.2 Å². The van der Waals surface area contributed by atoms with Gasteiger partial charge in [0.15, 0.2) is 0 Å². The summed E-state index contributed by atoms with van der Waals surface area (Å²) in [4.78, 5) is 29.6. The van der Waals surface area contributed by atoms with E-state index in [4.69, 9.17) is 0 Å². The SMILES string of the molecule is C=CCN(CC(=O)Nc1ccccc1N1CCCC1=O)Cc1cccs1. The third-order valence-electron chi connectivity index (χ3n) is 4.26. The average Bonchev–Trinajstić information content (AvgIpc) is 3.27. The first kappa shape index (κ1) is 18.4. The molecule has 5 nitrogen and oxygen atoms in total. The minimum absolute atomic E-state index is 0.0949. The van der Waals surface area contributed by atoms with Crippen LogP contribution in [0.15, 0.2) is 54.4 Å². The van der Waals surface area contributed by atoms with Gasteiger partial charge in [-0.05, 0) is 30.0 Å². The first-order valence-corrected chi connectivity index (χ1v) is 9.60.